The van der Waals surface area contributed by atoms with Crippen molar-refractivity contribution in [3.05, 3.63) is 71.8 Å². The summed E-state index contributed by atoms with van der Waals surface area (Å²) in [5.74, 6) is -1.73. The van der Waals surface area contributed by atoms with Gasteiger partial charge in [-0.15, -0.1) is 0 Å². The predicted molar refractivity (Wildman–Crippen MR) is 126 cm³/mol. The third kappa shape index (κ3) is 5.62. The number of carbonyl (C=O) groups is 2. The molecule has 0 aliphatic carbocycles. The SMILES string of the molecule is CC(C)(C)[C@H](NC(=O)c1ccc2ccccc2c1OCc1ccc(S(=O)(=O)C(F)(F)F)cc1)C(=O)O. The summed E-state index contributed by atoms with van der Waals surface area (Å²) in [5, 5.41) is 13.4. The Hall–Kier alpha value is -3.60. The Kier molecular flexibility index (Phi) is 7.35. The van der Waals surface area contributed by atoms with E-state index in [9.17, 15) is 36.3 Å². The van der Waals surface area contributed by atoms with Crippen molar-refractivity contribution >= 4 is 32.5 Å². The largest absolute Gasteiger partial charge is 0.501 e. The van der Waals surface area contributed by atoms with Gasteiger partial charge in [-0.2, -0.15) is 13.2 Å². The second-order valence-electron chi connectivity index (χ2n) is 9.16. The predicted octanol–water partition coefficient (Wildman–Crippen LogP) is 4.94. The van der Waals surface area contributed by atoms with E-state index in [0.29, 0.717) is 10.9 Å². The van der Waals surface area contributed by atoms with E-state index in [1.165, 1.54) is 18.2 Å². The molecule has 1 amide bonds. The van der Waals surface area contributed by atoms with Crippen molar-refractivity contribution in [3.63, 3.8) is 0 Å². The van der Waals surface area contributed by atoms with Crippen molar-refractivity contribution in [2.45, 2.75) is 43.8 Å². The number of carboxylic acids is 1. The Labute approximate surface area is 205 Å². The smallest absolute Gasteiger partial charge is 0.487 e. The lowest BCUT2D eigenvalue weighted by molar-refractivity contribution is -0.142. The van der Waals surface area contributed by atoms with E-state index in [1.54, 1.807) is 51.1 Å². The molecule has 0 heterocycles. The number of sulfone groups is 1. The van der Waals surface area contributed by atoms with Crippen molar-refractivity contribution < 1.29 is 41.0 Å². The highest BCUT2D eigenvalue weighted by atomic mass is 32.2. The van der Waals surface area contributed by atoms with Gasteiger partial charge in [0.15, 0.2) is 0 Å². The summed E-state index contributed by atoms with van der Waals surface area (Å²) in [7, 11) is -5.48. The van der Waals surface area contributed by atoms with Crippen LogP contribution in [0.1, 0.15) is 36.7 Å². The van der Waals surface area contributed by atoms with Gasteiger partial charge in [-0.05, 0) is 34.6 Å². The van der Waals surface area contributed by atoms with E-state index in [-0.39, 0.29) is 17.9 Å². The van der Waals surface area contributed by atoms with Gasteiger partial charge >= 0.3 is 11.5 Å². The number of hydrogen-bond acceptors (Lipinski definition) is 5. The monoisotopic (exact) mass is 523 g/mol. The number of nitrogens with one attached hydrogen (secondary N) is 1. The standard InChI is InChI=1S/C25H24F3NO6S/c1-24(2,3)21(23(31)32)29-22(30)19-13-10-16-6-4-5-7-18(16)20(19)35-14-15-8-11-17(12-9-15)36(33,34)25(26,27)28/h4-13,21H,14H2,1-3H3,(H,29,30)(H,31,32)/t21-/m1/s1. The summed E-state index contributed by atoms with van der Waals surface area (Å²) in [6.07, 6.45) is 0. The van der Waals surface area contributed by atoms with Gasteiger partial charge in [0.1, 0.15) is 18.4 Å². The molecule has 0 fully saturated rings. The Balaban J connectivity index is 1.93. The molecule has 3 aromatic rings. The maximum absolute atomic E-state index is 13.1. The highest BCUT2D eigenvalue weighted by molar-refractivity contribution is 7.92. The van der Waals surface area contributed by atoms with Crippen LogP contribution in [0.25, 0.3) is 10.8 Å². The molecule has 0 radical (unpaired) electrons. The van der Waals surface area contributed by atoms with Crippen LogP contribution in [-0.2, 0) is 21.2 Å². The van der Waals surface area contributed by atoms with E-state index >= 15 is 0 Å². The molecule has 0 saturated heterocycles. The van der Waals surface area contributed by atoms with Crippen LogP contribution in [0, 0.1) is 5.41 Å². The minimum absolute atomic E-state index is 0.0699. The number of benzene rings is 3. The summed E-state index contributed by atoms with van der Waals surface area (Å²) in [4.78, 5) is 23.9. The molecule has 3 aromatic carbocycles. The lowest BCUT2D eigenvalue weighted by Gasteiger charge is -2.28. The topological polar surface area (TPSA) is 110 Å². The summed E-state index contributed by atoms with van der Waals surface area (Å²) in [5.41, 5.74) is -5.77. The van der Waals surface area contributed by atoms with Gasteiger partial charge in [-0.1, -0.05) is 63.2 Å². The second kappa shape index (κ2) is 9.81. The maximum atomic E-state index is 13.1. The van der Waals surface area contributed by atoms with E-state index in [0.717, 1.165) is 17.5 Å². The molecule has 7 nitrogen and oxygen atoms in total. The number of alkyl halides is 3. The highest BCUT2D eigenvalue weighted by Gasteiger charge is 2.46. The Morgan fingerprint density at radius 1 is 0.972 bits per heavy atom. The van der Waals surface area contributed by atoms with Gasteiger partial charge in [0, 0.05) is 5.39 Å². The minimum atomic E-state index is -5.48. The van der Waals surface area contributed by atoms with Gasteiger partial charge in [-0.25, -0.2) is 13.2 Å². The van der Waals surface area contributed by atoms with Crippen molar-refractivity contribution in [2.75, 3.05) is 0 Å². The first-order chi connectivity index (χ1) is 16.6. The van der Waals surface area contributed by atoms with Crippen LogP contribution in [0.15, 0.2) is 65.6 Å². The van der Waals surface area contributed by atoms with E-state index < -0.39 is 43.6 Å². The average molecular weight is 524 g/mol. The zero-order valence-corrected chi connectivity index (χ0v) is 20.4. The normalized spacial score (nSPS) is 13.3. The number of amides is 1. The molecule has 0 bridgehead atoms. The maximum Gasteiger partial charge on any atom is 0.501 e. The molecular weight excluding hydrogens is 499 g/mol. The quantitative estimate of drug-likeness (QED) is 0.454. The molecule has 0 aliphatic heterocycles. The van der Waals surface area contributed by atoms with Crippen LogP contribution in [0.3, 0.4) is 0 Å². The first kappa shape index (κ1) is 27.0. The fraction of sp³-hybridized carbons (Fsp3) is 0.280. The minimum Gasteiger partial charge on any atom is -0.487 e. The molecule has 1 atom stereocenters. The fourth-order valence-electron chi connectivity index (χ4n) is 3.49. The van der Waals surface area contributed by atoms with Gasteiger partial charge < -0.3 is 15.2 Å². The number of fused-ring (bicyclic) bond motifs is 1. The van der Waals surface area contributed by atoms with Crippen LogP contribution >= 0.6 is 0 Å². The van der Waals surface area contributed by atoms with Crippen LogP contribution in [-0.4, -0.2) is 37.0 Å². The number of ether oxygens (including phenoxy) is 1. The van der Waals surface area contributed by atoms with Crippen molar-refractivity contribution in [1.29, 1.82) is 0 Å². The molecule has 0 aliphatic rings. The molecule has 192 valence electrons. The molecule has 0 spiro atoms. The van der Waals surface area contributed by atoms with Crippen LogP contribution in [0.2, 0.25) is 0 Å². The second-order valence-corrected chi connectivity index (χ2v) is 11.1. The molecule has 0 aromatic heterocycles. The van der Waals surface area contributed by atoms with Gasteiger partial charge in [0.05, 0.1) is 10.5 Å². The summed E-state index contributed by atoms with van der Waals surface area (Å²) in [6.45, 7) is 4.83. The van der Waals surface area contributed by atoms with Gasteiger partial charge in [0.25, 0.3) is 15.7 Å². The lowest BCUT2D eigenvalue weighted by Crippen LogP contribution is -2.49. The molecule has 0 unspecified atom stereocenters. The fourth-order valence-corrected chi connectivity index (χ4v) is 4.25. The number of carbonyl (C=O) groups excluding carboxylic acids is 1. The number of rotatable bonds is 7. The first-order valence-electron chi connectivity index (χ1n) is 10.7. The van der Waals surface area contributed by atoms with Crippen LogP contribution in [0.4, 0.5) is 13.2 Å². The van der Waals surface area contributed by atoms with Crippen LogP contribution in [0.5, 0.6) is 5.75 Å². The number of hydrogen-bond donors (Lipinski definition) is 2. The molecule has 0 saturated carbocycles. The molecule has 2 N–H and O–H groups in total. The molecule has 3 rings (SSSR count). The summed E-state index contributed by atoms with van der Waals surface area (Å²) < 4.78 is 67.4. The highest BCUT2D eigenvalue weighted by Crippen LogP contribution is 2.33. The Bertz CT molecular complexity index is 1390. The molecule has 11 heteroatoms. The van der Waals surface area contributed by atoms with E-state index in [1.807, 2.05) is 0 Å². The van der Waals surface area contributed by atoms with Gasteiger partial charge in [0.2, 0.25) is 0 Å². The summed E-state index contributed by atoms with van der Waals surface area (Å²) >= 11 is 0. The van der Waals surface area contributed by atoms with Crippen LogP contribution < -0.4 is 10.1 Å². The van der Waals surface area contributed by atoms with Crippen molar-refractivity contribution in [2.24, 2.45) is 5.41 Å². The number of aliphatic carboxylic acids is 1. The third-order valence-corrected chi connectivity index (χ3v) is 6.94. The Morgan fingerprint density at radius 2 is 1.58 bits per heavy atom. The van der Waals surface area contributed by atoms with E-state index in [4.69, 9.17) is 4.74 Å². The van der Waals surface area contributed by atoms with Crippen molar-refractivity contribution in [3.8, 4) is 5.75 Å². The summed E-state index contributed by atoms with van der Waals surface area (Å²) in [6, 6.07) is 13.0. The lowest BCUT2D eigenvalue weighted by atomic mass is 9.86. The molecular formula is C25H24F3NO6S. The van der Waals surface area contributed by atoms with Gasteiger partial charge in [-0.3, -0.25) is 4.79 Å². The molecule has 36 heavy (non-hydrogen) atoms. The van der Waals surface area contributed by atoms with E-state index in [2.05, 4.69) is 5.32 Å². The first-order valence-corrected chi connectivity index (χ1v) is 12.2. The zero-order chi connectivity index (χ0) is 26.9. The Morgan fingerprint density at radius 3 is 2.14 bits per heavy atom. The third-order valence-electron chi connectivity index (χ3n) is 5.43. The number of halogens is 3. The average Bonchev–Trinajstić information content (AvgIpc) is 2.79. The van der Waals surface area contributed by atoms with Crippen molar-refractivity contribution in [1.82, 2.24) is 5.32 Å². The zero-order valence-electron chi connectivity index (χ0n) is 19.6. The number of carboxylic acid groups (broad SMARTS) is 1.